The lowest BCUT2D eigenvalue weighted by atomic mass is 10.2. The van der Waals surface area contributed by atoms with Crippen molar-refractivity contribution in [2.24, 2.45) is 0 Å². The first-order valence-electron chi connectivity index (χ1n) is 9.56. The van der Waals surface area contributed by atoms with Crippen LogP contribution in [-0.4, -0.2) is 21.9 Å². The quantitative estimate of drug-likeness (QED) is 0.455. The van der Waals surface area contributed by atoms with Gasteiger partial charge in [0.05, 0.1) is 6.54 Å². The van der Waals surface area contributed by atoms with Crippen LogP contribution in [0, 0.1) is 0 Å². The fraction of sp³-hybridized carbons (Fsp3) is 0.208. The summed E-state index contributed by atoms with van der Waals surface area (Å²) < 4.78 is 2.17. The van der Waals surface area contributed by atoms with Crippen LogP contribution in [-0.2, 0) is 17.9 Å². The molecule has 144 valence electrons. The van der Waals surface area contributed by atoms with Crippen LogP contribution < -0.4 is 0 Å². The Morgan fingerprint density at radius 2 is 1.89 bits per heavy atom. The number of carbonyl (C=O) groups is 1. The van der Waals surface area contributed by atoms with Crippen LogP contribution in [0.4, 0.5) is 0 Å². The average Bonchev–Trinajstić information content (AvgIpc) is 3.13. The molecule has 0 fully saturated rings. The standard InChI is InChI=1S/C24H25ClN2O/c1-2-15-27(24(28)14-13-20-8-4-3-5-9-20)19-23-12-7-16-26(23)18-21-10-6-11-22(25)17-21/h3-14,16-17H,2,15,18-19H2,1H3. The van der Waals surface area contributed by atoms with Gasteiger partial charge in [-0.3, -0.25) is 4.79 Å². The number of hydrogen-bond acceptors (Lipinski definition) is 1. The number of aromatic nitrogens is 1. The van der Waals surface area contributed by atoms with Gasteiger partial charge in [0.1, 0.15) is 0 Å². The van der Waals surface area contributed by atoms with Gasteiger partial charge in [0, 0.05) is 36.1 Å². The second-order valence-electron chi connectivity index (χ2n) is 6.76. The molecule has 0 unspecified atom stereocenters. The molecule has 0 atom stereocenters. The van der Waals surface area contributed by atoms with Crippen molar-refractivity contribution in [3.63, 3.8) is 0 Å². The molecule has 1 amide bonds. The van der Waals surface area contributed by atoms with E-state index in [4.69, 9.17) is 11.6 Å². The van der Waals surface area contributed by atoms with Crippen molar-refractivity contribution in [3.05, 3.63) is 101 Å². The first kappa shape index (κ1) is 20.0. The highest BCUT2D eigenvalue weighted by atomic mass is 35.5. The first-order valence-corrected chi connectivity index (χ1v) is 9.94. The van der Waals surface area contributed by atoms with Gasteiger partial charge in [-0.1, -0.05) is 61.0 Å². The maximum atomic E-state index is 12.8. The van der Waals surface area contributed by atoms with Crippen LogP contribution >= 0.6 is 11.6 Å². The summed E-state index contributed by atoms with van der Waals surface area (Å²) in [6.07, 6.45) is 6.50. The lowest BCUT2D eigenvalue weighted by Gasteiger charge is -2.22. The van der Waals surface area contributed by atoms with E-state index in [9.17, 15) is 4.79 Å². The summed E-state index contributed by atoms with van der Waals surface area (Å²) in [6.45, 7) is 4.13. The molecule has 0 N–H and O–H groups in total. The molecule has 0 saturated carbocycles. The molecule has 0 aliphatic rings. The van der Waals surface area contributed by atoms with Crippen LogP contribution in [0.3, 0.4) is 0 Å². The Morgan fingerprint density at radius 1 is 1.07 bits per heavy atom. The van der Waals surface area contributed by atoms with Crippen molar-refractivity contribution in [3.8, 4) is 0 Å². The molecule has 1 heterocycles. The zero-order chi connectivity index (χ0) is 19.8. The van der Waals surface area contributed by atoms with E-state index in [1.807, 2.05) is 71.8 Å². The minimum atomic E-state index is 0.0289. The lowest BCUT2D eigenvalue weighted by molar-refractivity contribution is -0.126. The van der Waals surface area contributed by atoms with Gasteiger partial charge in [0.2, 0.25) is 5.91 Å². The third kappa shape index (κ3) is 5.61. The predicted octanol–water partition coefficient (Wildman–Crippen LogP) is 5.64. The maximum Gasteiger partial charge on any atom is 0.246 e. The van der Waals surface area contributed by atoms with Gasteiger partial charge in [-0.05, 0) is 47.9 Å². The van der Waals surface area contributed by atoms with Gasteiger partial charge >= 0.3 is 0 Å². The van der Waals surface area contributed by atoms with E-state index in [-0.39, 0.29) is 5.91 Å². The monoisotopic (exact) mass is 392 g/mol. The second-order valence-corrected chi connectivity index (χ2v) is 7.20. The minimum absolute atomic E-state index is 0.0289. The van der Waals surface area contributed by atoms with E-state index in [1.54, 1.807) is 6.08 Å². The fourth-order valence-electron chi connectivity index (χ4n) is 3.15. The molecule has 0 saturated heterocycles. The molecule has 0 aliphatic carbocycles. The van der Waals surface area contributed by atoms with E-state index in [0.717, 1.165) is 41.4 Å². The van der Waals surface area contributed by atoms with Gasteiger partial charge < -0.3 is 9.47 Å². The van der Waals surface area contributed by atoms with Crippen molar-refractivity contribution in [2.45, 2.75) is 26.4 Å². The molecule has 4 heteroatoms. The summed E-state index contributed by atoms with van der Waals surface area (Å²) in [7, 11) is 0. The highest BCUT2D eigenvalue weighted by Gasteiger charge is 2.13. The summed E-state index contributed by atoms with van der Waals surface area (Å²) in [5.41, 5.74) is 3.27. The summed E-state index contributed by atoms with van der Waals surface area (Å²) in [5, 5.41) is 0.736. The van der Waals surface area contributed by atoms with E-state index < -0.39 is 0 Å². The van der Waals surface area contributed by atoms with E-state index in [1.165, 1.54) is 0 Å². The molecule has 3 nitrogen and oxygen atoms in total. The first-order chi connectivity index (χ1) is 13.7. The number of carbonyl (C=O) groups excluding carboxylic acids is 1. The Labute approximate surface area is 171 Å². The second kappa shape index (κ2) is 9.95. The molecule has 0 radical (unpaired) electrons. The zero-order valence-corrected chi connectivity index (χ0v) is 16.8. The third-order valence-corrected chi connectivity index (χ3v) is 4.78. The molecule has 28 heavy (non-hydrogen) atoms. The van der Waals surface area contributed by atoms with Gasteiger partial charge in [-0.2, -0.15) is 0 Å². The van der Waals surface area contributed by atoms with Gasteiger partial charge in [-0.25, -0.2) is 0 Å². The summed E-state index contributed by atoms with van der Waals surface area (Å²) >= 11 is 6.11. The number of amides is 1. The molecule has 3 aromatic rings. The summed E-state index contributed by atoms with van der Waals surface area (Å²) in [6, 6.07) is 21.9. The Balaban J connectivity index is 1.71. The Kier molecular flexibility index (Phi) is 7.10. The highest BCUT2D eigenvalue weighted by molar-refractivity contribution is 6.30. The Hall–Kier alpha value is -2.78. The molecule has 3 rings (SSSR count). The van der Waals surface area contributed by atoms with Crippen LogP contribution in [0.15, 0.2) is 79.0 Å². The van der Waals surface area contributed by atoms with Crippen LogP contribution in [0.2, 0.25) is 5.02 Å². The van der Waals surface area contributed by atoms with E-state index in [2.05, 4.69) is 23.6 Å². The topological polar surface area (TPSA) is 25.2 Å². The summed E-state index contributed by atoms with van der Waals surface area (Å²) in [5.74, 6) is 0.0289. The number of hydrogen-bond donors (Lipinski definition) is 0. The number of halogens is 1. The minimum Gasteiger partial charge on any atom is -0.345 e. The number of rotatable bonds is 8. The van der Waals surface area contributed by atoms with Crippen molar-refractivity contribution >= 4 is 23.6 Å². The molecule has 0 aliphatic heterocycles. The molecular formula is C24H25ClN2O. The largest absolute Gasteiger partial charge is 0.345 e. The SMILES string of the molecule is CCCN(Cc1cccn1Cc1cccc(Cl)c1)C(=O)C=Cc1ccccc1. The zero-order valence-electron chi connectivity index (χ0n) is 16.1. The van der Waals surface area contributed by atoms with E-state index in [0.29, 0.717) is 6.54 Å². The van der Waals surface area contributed by atoms with Crippen molar-refractivity contribution in [2.75, 3.05) is 6.54 Å². The summed E-state index contributed by atoms with van der Waals surface area (Å²) in [4.78, 5) is 14.7. The third-order valence-electron chi connectivity index (χ3n) is 4.54. The highest BCUT2D eigenvalue weighted by Crippen LogP contribution is 2.15. The Bertz CT molecular complexity index is 931. The van der Waals surface area contributed by atoms with Crippen molar-refractivity contribution < 1.29 is 4.79 Å². The van der Waals surface area contributed by atoms with Crippen LogP contribution in [0.25, 0.3) is 6.08 Å². The molecule has 0 spiro atoms. The van der Waals surface area contributed by atoms with Gasteiger partial charge in [0.15, 0.2) is 0 Å². The van der Waals surface area contributed by atoms with Crippen LogP contribution in [0.1, 0.15) is 30.2 Å². The normalized spacial score (nSPS) is 11.1. The van der Waals surface area contributed by atoms with Crippen molar-refractivity contribution in [1.29, 1.82) is 0 Å². The van der Waals surface area contributed by atoms with Gasteiger partial charge in [0.25, 0.3) is 0 Å². The number of benzene rings is 2. The molecule has 2 aromatic carbocycles. The smallest absolute Gasteiger partial charge is 0.246 e. The van der Waals surface area contributed by atoms with Gasteiger partial charge in [-0.15, -0.1) is 0 Å². The number of nitrogens with zero attached hydrogens (tertiary/aromatic N) is 2. The molecule has 0 bridgehead atoms. The van der Waals surface area contributed by atoms with E-state index >= 15 is 0 Å². The maximum absolute atomic E-state index is 12.8. The van der Waals surface area contributed by atoms with Crippen molar-refractivity contribution in [1.82, 2.24) is 9.47 Å². The molecular weight excluding hydrogens is 368 g/mol. The fourth-order valence-corrected chi connectivity index (χ4v) is 3.36. The predicted molar refractivity (Wildman–Crippen MR) is 116 cm³/mol. The average molecular weight is 393 g/mol. The molecule has 1 aromatic heterocycles. The van der Waals surface area contributed by atoms with Crippen LogP contribution in [0.5, 0.6) is 0 Å². The lowest BCUT2D eigenvalue weighted by Crippen LogP contribution is -2.30. The Morgan fingerprint density at radius 3 is 2.64 bits per heavy atom.